The van der Waals surface area contributed by atoms with E-state index in [9.17, 15) is 14.0 Å². The van der Waals surface area contributed by atoms with E-state index in [4.69, 9.17) is 0 Å². The van der Waals surface area contributed by atoms with Gasteiger partial charge in [0.2, 0.25) is 6.17 Å². The van der Waals surface area contributed by atoms with Crippen molar-refractivity contribution in [3.8, 4) is 0 Å². The van der Waals surface area contributed by atoms with Crippen molar-refractivity contribution in [1.29, 1.82) is 0 Å². The number of hydrogen-bond donors (Lipinski definition) is 0. The van der Waals surface area contributed by atoms with Gasteiger partial charge in [0.05, 0.1) is 0 Å². The third kappa shape index (κ3) is 3.09. The summed E-state index contributed by atoms with van der Waals surface area (Å²) in [7, 11) is 0. The highest BCUT2D eigenvalue weighted by Crippen LogP contribution is 2.10. The number of alkyl halides is 1. The Morgan fingerprint density at radius 2 is 1.43 bits per heavy atom. The Kier molecular flexibility index (Phi) is 4.74. The maximum atomic E-state index is 13.1. The zero-order valence-electron chi connectivity index (χ0n) is 9.37. The van der Waals surface area contributed by atoms with Crippen molar-refractivity contribution in [1.82, 2.24) is 4.90 Å². The van der Waals surface area contributed by atoms with Crippen LogP contribution in [0.4, 0.5) is 4.39 Å². The Bertz CT molecular complexity index is 218. The maximum Gasteiger partial charge on any atom is 0.265 e. The highest BCUT2D eigenvalue weighted by Gasteiger charge is 2.30. The summed E-state index contributed by atoms with van der Waals surface area (Å²) in [5.74, 6) is -1.47. The molecule has 1 unspecified atom stereocenters. The molecule has 0 saturated carbocycles. The van der Waals surface area contributed by atoms with Crippen molar-refractivity contribution in [3.63, 3.8) is 0 Å². The van der Waals surface area contributed by atoms with Crippen LogP contribution in [0.1, 0.15) is 34.6 Å². The van der Waals surface area contributed by atoms with Gasteiger partial charge in [-0.2, -0.15) is 0 Å². The zero-order chi connectivity index (χ0) is 11.5. The van der Waals surface area contributed by atoms with Crippen LogP contribution in [0.3, 0.4) is 0 Å². The van der Waals surface area contributed by atoms with Crippen molar-refractivity contribution in [2.45, 2.75) is 52.9 Å². The monoisotopic (exact) mass is 203 g/mol. The fourth-order valence-corrected chi connectivity index (χ4v) is 1.41. The number of Topliss-reactive ketones (excluding diaryl/α,β-unsaturated/α-hetero) is 1. The Morgan fingerprint density at radius 3 is 1.64 bits per heavy atom. The SMILES string of the molecule is CC(=O)C(F)C(=O)N(C(C)C)C(C)C. The number of ketones is 1. The number of amides is 1. The third-order valence-corrected chi connectivity index (χ3v) is 1.94. The van der Waals surface area contributed by atoms with Crippen molar-refractivity contribution in [2.75, 3.05) is 0 Å². The first kappa shape index (κ1) is 13.1. The summed E-state index contributed by atoms with van der Waals surface area (Å²) in [6.07, 6.45) is -2.01. The smallest absolute Gasteiger partial charge is 0.265 e. The molecule has 0 saturated heterocycles. The molecular formula is C10H18FNO2. The molecular weight excluding hydrogens is 185 g/mol. The average Bonchev–Trinajstić information content (AvgIpc) is 2.01. The van der Waals surface area contributed by atoms with Crippen molar-refractivity contribution in [3.05, 3.63) is 0 Å². The number of rotatable bonds is 4. The normalized spacial score (nSPS) is 13.1. The van der Waals surface area contributed by atoms with Crippen LogP contribution >= 0.6 is 0 Å². The lowest BCUT2D eigenvalue weighted by molar-refractivity contribution is -0.144. The van der Waals surface area contributed by atoms with E-state index in [0.717, 1.165) is 6.92 Å². The lowest BCUT2D eigenvalue weighted by Crippen LogP contribution is -2.47. The number of carbonyl (C=O) groups is 2. The Morgan fingerprint density at radius 1 is 1.07 bits per heavy atom. The number of hydrogen-bond acceptors (Lipinski definition) is 2. The fourth-order valence-electron chi connectivity index (χ4n) is 1.41. The molecule has 0 aliphatic rings. The molecule has 1 atom stereocenters. The van der Waals surface area contributed by atoms with Crippen molar-refractivity contribution < 1.29 is 14.0 Å². The number of carbonyl (C=O) groups excluding carboxylic acids is 2. The molecule has 0 radical (unpaired) electrons. The van der Waals surface area contributed by atoms with Crippen LogP contribution in [0, 0.1) is 0 Å². The number of halogens is 1. The van der Waals surface area contributed by atoms with Crippen LogP contribution in [-0.2, 0) is 9.59 Å². The van der Waals surface area contributed by atoms with Crippen molar-refractivity contribution >= 4 is 11.7 Å². The standard InChI is InChI=1S/C10H18FNO2/c1-6(2)12(7(3)4)10(14)9(11)8(5)13/h6-7,9H,1-5H3. The first-order chi connectivity index (χ1) is 6.29. The quantitative estimate of drug-likeness (QED) is 0.650. The van der Waals surface area contributed by atoms with E-state index in [1.807, 2.05) is 0 Å². The Labute approximate surface area is 84.3 Å². The first-order valence-electron chi connectivity index (χ1n) is 4.75. The molecule has 0 rings (SSSR count). The van der Waals surface area contributed by atoms with Gasteiger partial charge < -0.3 is 4.90 Å². The second-order valence-corrected chi connectivity index (χ2v) is 3.91. The highest BCUT2D eigenvalue weighted by atomic mass is 19.1. The van der Waals surface area contributed by atoms with Crippen LogP contribution in [0.2, 0.25) is 0 Å². The molecule has 4 heteroatoms. The van der Waals surface area contributed by atoms with E-state index in [1.165, 1.54) is 4.90 Å². The summed E-state index contributed by atoms with van der Waals surface area (Å²) >= 11 is 0. The molecule has 1 amide bonds. The molecule has 0 aliphatic heterocycles. The van der Waals surface area contributed by atoms with Gasteiger partial charge >= 0.3 is 0 Å². The number of nitrogens with zero attached hydrogens (tertiary/aromatic N) is 1. The van der Waals surface area contributed by atoms with Crippen LogP contribution < -0.4 is 0 Å². The van der Waals surface area contributed by atoms with Gasteiger partial charge in [-0.15, -0.1) is 0 Å². The van der Waals surface area contributed by atoms with Crippen LogP contribution in [-0.4, -0.2) is 34.8 Å². The summed E-state index contributed by atoms with van der Waals surface area (Å²) in [6.45, 7) is 8.27. The molecule has 0 aromatic rings. The molecule has 0 aromatic carbocycles. The second kappa shape index (κ2) is 5.08. The lowest BCUT2D eigenvalue weighted by Gasteiger charge is -2.31. The third-order valence-electron chi connectivity index (χ3n) is 1.94. The summed E-state index contributed by atoms with van der Waals surface area (Å²) in [5.41, 5.74) is 0. The predicted molar refractivity (Wildman–Crippen MR) is 52.7 cm³/mol. The molecule has 82 valence electrons. The van der Waals surface area contributed by atoms with E-state index in [1.54, 1.807) is 27.7 Å². The summed E-state index contributed by atoms with van der Waals surface area (Å²) in [4.78, 5) is 23.6. The molecule has 14 heavy (non-hydrogen) atoms. The molecule has 0 heterocycles. The minimum absolute atomic E-state index is 0.0971. The zero-order valence-corrected chi connectivity index (χ0v) is 9.37. The summed E-state index contributed by atoms with van der Waals surface area (Å²) < 4.78 is 13.1. The van der Waals surface area contributed by atoms with Gasteiger partial charge in [0.1, 0.15) is 0 Å². The van der Waals surface area contributed by atoms with Gasteiger partial charge in [0.25, 0.3) is 5.91 Å². The van der Waals surface area contributed by atoms with E-state index in [2.05, 4.69) is 0 Å². The lowest BCUT2D eigenvalue weighted by atomic mass is 10.1. The largest absolute Gasteiger partial charge is 0.335 e. The minimum atomic E-state index is -2.01. The molecule has 3 nitrogen and oxygen atoms in total. The van der Waals surface area contributed by atoms with Crippen LogP contribution in [0.25, 0.3) is 0 Å². The van der Waals surface area contributed by atoms with Crippen LogP contribution in [0.15, 0.2) is 0 Å². The molecule has 0 N–H and O–H groups in total. The molecule has 0 bridgehead atoms. The maximum absolute atomic E-state index is 13.1. The molecule has 0 aromatic heterocycles. The Hall–Kier alpha value is -0.930. The second-order valence-electron chi connectivity index (χ2n) is 3.91. The fraction of sp³-hybridized carbons (Fsp3) is 0.800. The van der Waals surface area contributed by atoms with Crippen LogP contribution in [0.5, 0.6) is 0 Å². The molecule has 0 fully saturated rings. The van der Waals surface area contributed by atoms with Gasteiger partial charge in [-0.3, -0.25) is 9.59 Å². The van der Waals surface area contributed by atoms with Gasteiger partial charge in [-0.05, 0) is 34.6 Å². The van der Waals surface area contributed by atoms with E-state index in [0.29, 0.717) is 0 Å². The predicted octanol–water partition coefficient (Wildman–Crippen LogP) is 1.56. The van der Waals surface area contributed by atoms with Gasteiger partial charge in [0, 0.05) is 12.1 Å². The Balaban J connectivity index is 4.69. The first-order valence-corrected chi connectivity index (χ1v) is 4.75. The van der Waals surface area contributed by atoms with Gasteiger partial charge in [-0.25, -0.2) is 4.39 Å². The van der Waals surface area contributed by atoms with Gasteiger partial charge in [-0.1, -0.05) is 0 Å². The highest BCUT2D eigenvalue weighted by molar-refractivity contribution is 6.03. The van der Waals surface area contributed by atoms with E-state index in [-0.39, 0.29) is 12.1 Å². The minimum Gasteiger partial charge on any atom is -0.335 e. The molecule has 0 spiro atoms. The van der Waals surface area contributed by atoms with E-state index >= 15 is 0 Å². The average molecular weight is 203 g/mol. The topological polar surface area (TPSA) is 37.4 Å². The van der Waals surface area contributed by atoms with Crippen molar-refractivity contribution in [2.24, 2.45) is 0 Å². The molecule has 0 aliphatic carbocycles. The summed E-state index contributed by atoms with van der Waals surface area (Å²) in [5, 5.41) is 0. The van der Waals surface area contributed by atoms with Gasteiger partial charge in [0.15, 0.2) is 5.78 Å². The summed E-state index contributed by atoms with van der Waals surface area (Å²) in [6, 6.07) is -0.194. The van der Waals surface area contributed by atoms with E-state index < -0.39 is 17.9 Å².